The van der Waals surface area contributed by atoms with E-state index in [0.717, 1.165) is 14.7 Å². The first-order valence-corrected chi connectivity index (χ1v) is 4.80. The van der Waals surface area contributed by atoms with E-state index in [2.05, 4.69) is 18.2 Å². The van der Waals surface area contributed by atoms with Gasteiger partial charge in [-0.25, -0.2) is 0 Å². The molecule has 0 spiro atoms. The standard InChI is InChI=1S/C9H10NP.BrH/c10-7-4-8-11-9-5-2-1-3-6-9;/h1-3,5-6,11H,4,8H2;1H. The number of benzene rings is 1. The first-order chi connectivity index (χ1) is 5.43. The summed E-state index contributed by atoms with van der Waals surface area (Å²) >= 11 is 0. The smallest absolute Gasteiger partial charge is 0.0625 e. The fourth-order valence-electron chi connectivity index (χ4n) is 0.819. The summed E-state index contributed by atoms with van der Waals surface area (Å²) < 4.78 is 0. The summed E-state index contributed by atoms with van der Waals surface area (Å²) in [6, 6.07) is 12.4. The third kappa shape index (κ3) is 4.49. The van der Waals surface area contributed by atoms with Crippen LogP contribution in [0.25, 0.3) is 0 Å². The molecule has 0 amide bonds. The molecule has 0 fully saturated rings. The van der Waals surface area contributed by atoms with Gasteiger partial charge in [0.25, 0.3) is 0 Å². The van der Waals surface area contributed by atoms with E-state index in [9.17, 15) is 0 Å². The summed E-state index contributed by atoms with van der Waals surface area (Å²) in [5.74, 6) is 0. The molecule has 12 heavy (non-hydrogen) atoms. The molecule has 3 heteroatoms. The number of nitrogens with zero attached hydrogens (tertiary/aromatic N) is 1. The second-order valence-electron chi connectivity index (χ2n) is 2.20. The van der Waals surface area contributed by atoms with Crippen LogP contribution in [-0.4, -0.2) is 6.16 Å². The van der Waals surface area contributed by atoms with Gasteiger partial charge in [-0.2, -0.15) is 5.26 Å². The Hall–Kier alpha value is -0.380. The molecule has 1 rings (SSSR count). The summed E-state index contributed by atoms with van der Waals surface area (Å²) in [6.45, 7) is 0. The highest BCUT2D eigenvalue weighted by molar-refractivity contribution is 8.93. The zero-order chi connectivity index (χ0) is 7.94. The van der Waals surface area contributed by atoms with Crippen LogP contribution < -0.4 is 5.30 Å². The Morgan fingerprint density at radius 3 is 2.50 bits per heavy atom. The Kier molecular flexibility index (Phi) is 7.05. The van der Waals surface area contributed by atoms with Crippen molar-refractivity contribution in [1.29, 1.82) is 5.26 Å². The van der Waals surface area contributed by atoms with Crippen molar-refractivity contribution in [2.75, 3.05) is 6.16 Å². The van der Waals surface area contributed by atoms with Crippen LogP contribution in [0.5, 0.6) is 0 Å². The minimum Gasteiger partial charge on any atom is -0.198 e. The molecule has 0 saturated carbocycles. The lowest BCUT2D eigenvalue weighted by molar-refractivity contribution is 1.24. The minimum atomic E-state index is 0. The van der Waals surface area contributed by atoms with Gasteiger partial charge in [0.2, 0.25) is 0 Å². The molecule has 0 radical (unpaired) electrons. The van der Waals surface area contributed by atoms with Crippen LogP contribution >= 0.6 is 25.6 Å². The van der Waals surface area contributed by atoms with Gasteiger partial charge in [-0.05, 0) is 11.5 Å². The number of hydrogen-bond donors (Lipinski definition) is 0. The average Bonchev–Trinajstić information content (AvgIpc) is 2.07. The molecule has 1 atom stereocenters. The van der Waals surface area contributed by atoms with Crippen LogP contribution in [0.2, 0.25) is 0 Å². The maximum absolute atomic E-state index is 8.30. The Morgan fingerprint density at radius 1 is 1.25 bits per heavy atom. The van der Waals surface area contributed by atoms with Crippen LogP contribution in [0.1, 0.15) is 6.42 Å². The van der Waals surface area contributed by atoms with Gasteiger partial charge in [0.15, 0.2) is 0 Å². The Labute approximate surface area is 85.3 Å². The summed E-state index contributed by atoms with van der Waals surface area (Å²) in [6.07, 6.45) is 1.67. The normalized spacial score (nSPS) is 9.25. The monoisotopic (exact) mass is 243 g/mol. The minimum absolute atomic E-state index is 0. The first kappa shape index (κ1) is 11.6. The fraction of sp³-hybridized carbons (Fsp3) is 0.222. The van der Waals surface area contributed by atoms with Crippen molar-refractivity contribution in [3.8, 4) is 6.07 Å². The van der Waals surface area contributed by atoms with E-state index >= 15 is 0 Å². The second kappa shape index (κ2) is 7.28. The molecule has 0 N–H and O–H groups in total. The molecule has 1 unspecified atom stereocenters. The summed E-state index contributed by atoms with van der Waals surface area (Å²) in [5, 5.41) is 9.65. The molecule has 0 aromatic heterocycles. The third-order valence-corrected chi connectivity index (χ3v) is 2.58. The molecule has 64 valence electrons. The van der Waals surface area contributed by atoms with Crippen LogP contribution in [0.4, 0.5) is 0 Å². The van der Waals surface area contributed by atoms with Crippen molar-refractivity contribution >= 4 is 30.9 Å². The topological polar surface area (TPSA) is 23.8 Å². The lowest BCUT2D eigenvalue weighted by Gasteiger charge is -1.96. The van der Waals surface area contributed by atoms with Gasteiger partial charge in [0.1, 0.15) is 0 Å². The Bertz CT molecular complexity index is 242. The molecule has 1 nitrogen and oxygen atoms in total. The lowest BCUT2D eigenvalue weighted by Crippen LogP contribution is -1.92. The van der Waals surface area contributed by atoms with Crippen LogP contribution in [0.15, 0.2) is 30.3 Å². The molecular weight excluding hydrogens is 233 g/mol. The SMILES string of the molecule is Br.N#CCCPc1ccccc1. The predicted octanol–water partition coefficient (Wildman–Crippen LogP) is 2.48. The molecule has 0 aliphatic rings. The van der Waals surface area contributed by atoms with E-state index in [-0.39, 0.29) is 17.0 Å². The number of rotatable bonds is 3. The average molecular weight is 244 g/mol. The molecular formula is C9H11BrNP. The predicted molar refractivity (Wildman–Crippen MR) is 59.8 cm³/mol. The van der Waals surface area contributed by atoms with Gasteiger partial charge in [0, 0.05) is 6.42 Å². The molecule has 0 heterocycles. The van der Waals surface area contributed by atoms with E-state index in [0.29, 0.717) is 6.42 Å². The van der Waals surface area contributed by atoms with Gasteiger partial charge in [0.05, 0.1) is 6.07 Å². The lowest BCUT2D eigenvalue weighted by atomic mass is 10.4. The van der Waals surface area contributed by atoms with Crippen molar-refractivity contribution in [3.63, 3.8) is 0 Å². The van der Waals surface area contributed by atoms with Gasteiger partial charge in [-0.15, -0.1) is 17.0 Å². The number of hydrogen-bond acceptors (Lipinski definition) is 1. The largest absolute Gasteiger partial charge is 0.198 e. The van der Waals surface area contributed by atoms with Crippen molar-refractivity contribution in [2.45, 2.75) is 6.42 Å². The van der Waals surface area contributed by atoms with Crippen LogP contribution in [-0.2, 0) is 0 Å². The Balaban J connectivity index is 0.00000121. The van der Waals surface area contributed by atoms with Gasteiger partial charge in [-0.1, -0.05) is 38.9 Å². The second-order valence-corrected chi connectivity index (χ2v) is 3.63. The van der Waals surface area contributed by atoms with E-state index in [1.165, 1.54) is 5.30 Å². The molecule has 1 aromatic carbocycles. The summed E-state index contributed by atoms with van der Waals surface area (Å²) in [4.78, 5) is 0. The first-order valence-electron chi connectivity index (χ1n) is 3.59. The molecule has 0 saturated heterocycles. The fourth-order valence-corrected chi connectivity index (χ4v) is 1.77. The van der Waals surface area contributed by atoms with E-state index in [1.54, 1.807) is 0 Å². The summed E-state index contributed by atoms with van der Waals surface area (Å²) in [7, 11) is 0.789. The van der Waals surface area contributed by atoms with E-state index in [4.69, 9.17) is 5.26 Å². The highest BCUT2D eigenvalue weighted by Gasteiger charge is 1.88. The number of nitriles is 1. The number of halogens is 1. The van der Waals surface area contributed by atoms with Gasteiger partial charge in [-0.3, -0.25) is 0 Å². The maximum atomic E-state index is 8.30. The molecule has 0 bridgehead atoms. The highest BCUT2D eigenvalue weighted by atomic mass is 79.9. The van der Waals surface area contributed by atoms with Gasteiger partial charge >= 0.3 is 0 Å². The molecule has 0 aliphatic carbocycles. The van der Waals surface area contributed by atoms with Crippen molar-refractivity contribution < 1.29 is 0 Å². The van der Waals surface area contributed by atoms with E-state index < -0.39 is 0 Å². The van der Waals surface area contributed by atoms with Crippen molar-refractivity contribution in [3.05, 3.63) is 30.3 Å². The van der Waals surface area contributed by atoms with Crippen LogP contribution in [0, 0.1) is 11.3 Å². The Morgan fingerprint density at radius 2 is 1.92 bits per heavy atom. The van der Waals surface area contributed by atoms with Crippen LogP contribution in [0.3, 0.4) is 0 Å². The zero-order valence-corrected chi connectivity index (χ0v) is 9.37. The maximum Gasteiger partial charge on any atom is 0.0625 e. The van der Waals surface area contributed by atoms with Gasteiger partial charge < -0.3 is 0 Å². The van der Waals surface area contributed by atoms with Crippen molar-refractivity contribution in [2.24, 2.45) is 0 Å². The molecule has 1 aromatic rings. The third-order valence-electron chi connectivity index (χ3n) is 1.34. The molecule has 0 aliphatic heterocycles. The van der Waals surface area contributed by atoms with Crippen molar-refractivity contribution in [1.82, 2.24) is 0 Å². The quantitative estimate of drug-likeness (QED) is 0.591. The zero-order valence-electron chi connectivity index (χ0n) is 6.66. The van der Waals surface area contributed by atoms with E-state index in [1.807, 2.05) is 18.2 Å². The highest BCUT2D eigenvalue weighted by Crippen LogP contribution is 2.09. The summed E-state index contributed by atoms with van der Waals surface area (Å²) in [5.41, 5.74) is 0.